The van der Waals surface area contributed by atoms with Crippen LogP contribution in [0.1, 0.15) is 243 Å². The molecule has 4 amide bonds. The topological polar surface area (TPSA) is 140 Å². The van der Waals surface area contributed by atoms with Gasteiger partial charge in [0.1, 0.15) is 18.2 Å². The van der Waals surface area contributed by atoms with Gasteiger partial charge in [-0.2, -0.15) is 0 Å². The van der Waals surface area contributed by atoms with Crippen molar-refractivity contribution < 1.29 is 38.3 Å². The quantitative estimate of drug-likeness (QED) is 0.0698. The highest BCUT2D eigenvalue weighted by Gasteiger charge is 2.61. The van der Waals surface area contributed by atoms with Crippen molar-refractivity contribution in [2.24, 2.45) is 92.7 Å². The predicted molar refractivity (Wildman–Crippen MR) is 303 cm³/mol. The van der Waals surface area contributed by atoms with Gasteiger partial charge in [-0.05, 0) is 202 Å². The van der Waals surface area contributed by atoms with Crippen molar-refractivity contribution in [1.29, 1.82) is 0 Å². The van der Waals surface area contributed by atoms with Gasteiger partial charge in [-0.3, -0.25) is 9.59 Å². The molecule has 1 saturated heterocycles. The third-order valence-corrected chi connectivity index (χ3v) is 24.0. The van der Waals surface area contributed by atoms with Crippen LogP contribution >= 0.6 is 0 Å². The molecule has 0 bridgehead atoms. The van der Waals surface area contributed by atoms with E-state index in [1.165, 1.54) is 101 Å². The number of carbonyl (C=O) groups excluding carboxylic acids is 5. The Balaban J connectivity index is 0.735. The molecule has 77 heavy (non-hydrogen) atoms. The number of amides is 4. The molecule has 0 radical (unpaired) electrons. The minimum absolute atomic E-state index is 0.0260. The van der Waals surface area contributed by atoms with Gasteiger partial charge in [-0.1, -0.05) is 131 Å². The lowest BCUT2D eigenvalue weighted by Gasteiger charge is -2.58. The summed E-state index contributed by atoms with van der Waals surface area (Å²) >= 11 is 0. The summed E-state index contributed by atoms with van der Waals surface area (Å²) < 4.78 is 12.2. The monoisotopic (exact) mass is 1070 g/mol. The van der Waals surface area contributed by atoms with Crippen LogP contribution in [-0.4, -0.2) is 59.8 Å². The third-order valence-electron chi connectivity index (χ3n) is 24.0. The molecule has 0 aromatic rings. The lowest BCUT2D eigenvalue weighted by atomic mass is 9.47. The van der Waals surface area contributed by atoms with Crippen LogP contribution in [0.3, 0.4) is 0 Å². The number of hydrogen-bond donors (Lipinski definition) is 2. The second-order valence-electron chi connectivity index (χ2n) is 29.2. The van der Waals surface area contributed by atoms with Crippen molar-refractivity contribution in [2.75, 3.05) is 6.54 Å². The molecule has 0 aromatic carbocycles. The van der Waals surface area contributed by atoms with Crippen molar-refractivity contribution >= 4 is 30.0 Å². The number of fused-ring (bicyclic) bond motifs is 10. The highest BCUT2D eigenvalue weighted by atomic mass is 16.7. The average Bonchev–Trinajstić information content (AvgIpc) is 4.13. The first-order valence-corrected chi connectivity index (χ1v) is 32.0. The van der Waals surface area contributed by atoms with Crippen LogP contribution in [0, 0.1) is 92.7 Å². The number of allylic oxidation sites excluding steroid dienone is 2. The predicted octanol–water partition coefficient (Wildman–Crippen LogP) is 15.4. The number of hydroxylamine groups is 2. The Bertz CT molecular complexity index is 2190. The van der Waals surface area contributed by atoms with E-state index in [1.54, 1.807) is 0 Å². The number of unbranched alkanes of at least 4 members (excludes halogenated alkanes) is 1. The Hall–Kier alpha value is -3.37. The highest BCUT2D eigenvalue weighted by molar-refractivity contribution is 6.01. The van der Waals surface area contributed by atoms with Gasteiger partial charge in [0, 0.05) is 32.2 Å². The van der Waals surface area contributed by atoms with Gasteiger partial charge < -0.3 is 24.9 Å². The third kappa shape index (κ3) is 12.0. The molecule has 432 valence electrons. The number of hydrogen-bond acceptors (Lipinski definition) is 8. The molecule has 6 saturated carbocycles. The summed E-state index contributed by atoms with van der Waals surface area (Å²) in [6.45, 7) is 25.1. The minimum atomic E-state index is -1.15. The van der Waals surface area contributed by atoms with Gasteiger partial charge in [0.2, 0.25) is 0 Å². The zero-order valence-corrected chi connectivity index (χ0v) is 49.8. The maximum absolute atomic E-state index is 13.7. The molecule has 9 aliphatic rings. The number of carbonyl (C=O) groups is 5. The summed E-state index contributed by atoms with van der Waals surface area (Å²) in [5, 5.41) is 6.23. The first-order valence-electron chi connectivity index (χ1n) is 32.0. The summed E-state index contributed by atoms with van der Waals surface area (Å²) in [5.74, 6) is 7.17. The SMILES string of the molecule is CC(C)CCCC(C)C1CCC2C3CC=C4CC(OC(=O)NCCCCC(NC(=O)OC5CCC6(C)C(=CCC7C6CCC6(C)C(C(C)CCCC(C)C)CCC76)C5)C(=O)ON5C(=O)CCC5=O)CCC4(C)C3CCC12C. The summed E-state index contributed by atoms with van der Waals surface area (Å²) in [5.41, 5.74) is 4.07. The molecule has 17 unspecified atom stereocenters. The van der Waals surface area contributed by atoms with E-state index in [4.69, 9.17) is 14.3 Å². The van der Waals surface area contributed by atoms with E-state index in [0.717, 1.165) is 98.2 Å². The van der Waals surface area contributed by atoms with Gasteiger partial charge in [0.15, 0.2) is 0 Å². The summed E-state index contributed by atoms with van der Waals surface area (Å²) in [6.07, 6.45) is 30.8. The molecule has 11 heteroatoms. The van der Waals surface area contributed by atoms with E-state index in [2.05, 4.69) is 92.0 Å². The number of ether oxygens (including phenoxy) is 2. The van der Waals surface area contributed by atoms with Crippen LogP contribution in [0.25, 0.3) is 0 Å². The standard InChI is InChI=1S/C66H105N3O8/c1-41(2)15-13-17-43(5)51-24-26-53-49-22-20-45-39-47(30-34-63(45,7)55(49)32-36-65(51,53)9)75-61(73)67-38-12-11-19-57(60(72)77-69-58(70)28-29-59(69)71)68-62(74)76-48-31-35-64(8)46(40-48)21-23-50-54-27-25-52(44(6)18-14-16-42(3)4)66(54,10)37-33-56(50)64/h20-21,41-44,47-57H,11-19,22-40H2,1-10H3,(H,67,73)(H,68,74). The number of alkyl carbamates (subject to hydrolysis) is 2. The number of nitrogens with zero attached hydrogens (tertiary/aromatic N) is 1. The van der Waals surface area contributed by atoms with Gasteiger partial charge in [-0.15, -0.1) is 5.06 Å². The number of nitrogens with one attached hydrogen (secondary N) is 2. The fourth-order valence-corrected chi connectivity index (χ4v) is 19.8. The Labute approximate surface area is 465 Å². The molecule has 1 heterocycles. The molecule has 9 rings (SSSR count). The van der Waals surface area contributed by atoms with Crippen LogP contribution in [0.4, 0.5) is 9.59 Å². The lowest BCUT2D eigenvalue weighted by molar-refractivity contribution is -0.199. The summed E-state index contributed by atoms with van der Waals surface area (Å²) in [6, 6.07) is -1.15. The van der Waals surface area contributed by atoms with Crippen LogP contribution in [-0.2, 0) is 28.7 Å². The second-order valence-corrected chi connectivity index (χ2v) is 29.2. The molecule has 0 aromatic heterocycles. The lowest BCUT2D eigenvalue weighted by Crippen LogP contribution is -2.51. The van der Waals surface area contributed by atoms with Gasteiger partial charge >= 0.3 is 18.2 Å². The highest BCUT2D eigenvalue weighted by Crippen LogP contribution is 2.69. The maximum atomic E-state index is 13.7. The van der Waals surface area contributed by atoms with Crippen molar-refractivity contribution in [3.63, 3.8) is 0 Å². The number of rotatable bonds is 20. The zero-order valence-electron chi connectivity index (χ0n) is 49.8. The van der Waals surface area contributed by atoms with Crippen molar-refractivity contribution in [1.82, 2.24) is 15.7 Å². The summed E-state index contributed by atoms with van der Waals surface area (Å²) in [4.78, 5) is 70.8. The fraction of sp³-hybridized carbons (Fsp3) is 0.864. The van der Waals surface area contributed by atoms with Crippen LogP contribution in [0.5, 0.6) is 0 Å². The first kappa shape index (κ1) is 58.3. The zero-order chi connectivity index (χ0) is 55.0. The Kier molecular flexibility index (Phi) is 18.2. The van der Waals surface area contributed by atoms with Crippen LogP contribution in [0.15, 0.2) is 23.3 Å². The number of imide groups is 1. The van der Waals surface area contributed by atoms with E-state index in [-0.39, 0.29) is 42.3 Å². The molecule has 1 aliphatic heterocycles. The Morgan fingerprint density at radius 2 is 1.05 bits per heavy atom. The van der Waals surface area contributed by atoms with Gasteiger partial charge in [0.25, 0.3) is 11.8 Å². The van der Waals surface area contributed by atoms with E-state index in [0.29, 0.717) is 59.5 Å². The Morgan fingerprint density at radius 1 is 0.571 bits per heavy atom. The molecule has 2 N–H and O–H groups in total. The van der Waals surface area contributed by atoms with Gasteiger partial charge in [0.05, 0.1) is 0 Å². The van der Waals surface area contributed by atoms with E-state index in [1.807, 2.05) is 0 Å². The second kappa shape index (κ2) is 24.0. The normalized spacial score (nSPS) is 38.5. The van der Waals surface area contributed by atoms with E-state index < -0.39 is 36.0 Å². The van der Waals surface area contributed by atoms with Crippen molar-refractivity contribution in [3.8, 4) is 0 Å². The summed E-state index contributed by atoms with van der Waals surface area (Å²) in [7, 11) is 0. The van der Waals surface area contributed by atoms with E-state index >= 15 is 0 Å². The average molecular weight is 1070 g/mol. The van der Waals surface area contributed by atoms with Gasteiger partial charge in [-0.25, -0.2) is 14.4 Å². The van der Waals surface area contributed by atoms with Crippen molar-refractivity contribution in [2.45, 2.75) is 261 Å². The minimum Gasteiger partial charge on any atom is -0.446 e. The smallest absolute Gasteiger partial charge is 0.408 e. The molecular weight excluding hydrogens is 963 g/mol. The molecule has 17 atom stereocenters. The Morgan fingerprint density at radius 3 is 1.53 bits per heavy atom. The van der Waals surface area contributed by atoms with E-state index in [9.17, 15) is 24.0 Å². The largest absolute Gasteiger partial charge is 0.446 e. The molecule has 8 aliphatic carbocycles. The fourth-order valence-electron chi connectivity index (χ4n) is 19.8. The molecular formula is C66H105N3O8. The molecule has 0 spiro atoms. The maximum Gasteiger partial charge on any atom is 0.408 e. The van der Waals surface area contributed by atoms with Crippen molar-refractivity contribution in [3.05, 3.63) is 23.3 Å². The van der Waals surface area contributed by atoms with Crippen LogP contribution < -0.4 is 10.6 Å². The van der Waals surface area contributed by atoms with Crippen LogP contribution in [0.2, 0.25) is 0 Å². The molecule has 11 nitrogen and oxygen atoms in total. The molecule has 7 fully saturated rings. The first-order chi connectivity index (χ1) is 36.6.